The molecule has 166 valence electrons. The Labute approximate surface area is 174 Å². The summed E-state index contributed by atoms with van der Waals surface area (Å²) >= 11 is 1.66. The van der Waals surface area contributed by atoms with E-state index in [0.717, 1.165) is 4.57 Å². The summed E-state index contributed by atoms with van der Waals surface area (Å²) in [7, 11) is -16.6. The highest BCUT2D eigenvalue weighted by Gasteiger charge is 2.42. The van der Waals surface area contributed by atoms with Crippen LogP contribution in [0, 0.1) is 3.57 Å². The van der Waals surface area contributed by atoms with Gasteiger partial charge < -0.3 is 29.4 Å². The minimum absolute atomic E-state index is 0.150. The minimum Gasteiger partial charge on any atom is -0.390 e. The second-order valence-electron chi connectivity index (χ2n) is 5.46. The number of H-pyrrole nitrogens is 1. The van der Waals surface area contributed by atoms with Gasteiger partial charge in [-0.1, -0.05) is 0 Å². The van der Waals surface area contributed by atoms with E-state index in [9.17, 15) is 33.3 Å². The van der Waals surface area contributed by atoms with E-state index in [1.54, 1.807) is 22.6 Å². The number of phosphoric ester groups is 1. The topological polar surface area (TPSA) is 244 Å². The van der Waals surface area contributed by atoms with Crippen molar-refractivity contribution in [2.24, 2.45) is 0 Å². The second kappa shape index (κ2) is 9.08. The lowest BCUT2D eigenvalue weighted by molar-refractivity contribution is -0.0450. The zero-order valence-corrected chi connectivity index (χ0v) is 18.6. The summed E-state index contributed by atoms with van der Waals surface area (Å²) in [6, 6.07) is 0. The standard InChI is InChI=1S/C9H14IN2O14P3/c10-4-2-12(9(15)11-8(4)14)7-1-5(13)6(24-7)3-23-28(19,20)26-29(21,22)25-27(16,17)18/h2,5-7,13H,1,3H2,(H,19,20)(H,21,22)(H,11,14,15)(H2,16,17,18)/t5?,6-,7-/m1/s1. The quantitative estimate of drug-likeness (QED) is 0.158. The fourth-order valence-corrected chi connectivity index (χ4v) is 5.65. The van der Waals surface area contributed by atoms with Gasteiger partial charge in [0.1, 0.15) is 12.3 Å². The Morgan fingerprint density at radius 2 is 1.79 bits per heavy atom. The predicted octanol–water partition coefficient (Wildman–Crippen LogP) is -0.867. The number of hydrogen-bond acceptors (Lipinski definition) is 10. The van der Waals surface area contributed by atoms with Crippen molar-refractivity contribution in [3.05, 3.63) is 30.6 Å². The van der Waals surface area contributed by atoms with E-state index in [4.69, 9.17) is 19.4 Å². The van der Waals surface area contributed by atoms with Crippen LogP contribution in [0.15, 0.2) is 15.8 Å². The van der Waals surface area contributed by atoms with Crippen LogP contribution in [0.1, 0.15) is 12.6 Å². The molecule has 1 aromatic heterocycles. The van der Waals surface area contributed by atoms with Gasteiger partial charge in [-0.2, -0.15) is 8.62 Å². The van der Waals surface area contributed by atoms with Gasteiger partial charge in [-0.05, 0) is 22.6 Å². The first-order valence-corrected chi connectivity index (χ1v) is 12.8. The van der Waals surface area contributed by atoms with E-state index >= 15 is 0 Å². The Morgan fingerprint density at radius 1 is 1.17 bits per heavy atom. The van der Waals surface area contributed by atoms with E-state index in [0.29, 0.717) is 0 Å². The molecule has 0 spiro atoms. The van der Waals surface area contributed by atoms with Crippen molar-refractivity contribution in [3.63, 3.8) is 0 Å². The van der Waals surface area contributed by atoms with Gasteiger partial charge in [-0.3, -0.25) is 18.9 Å². The first-order valence-electron chi connectivity index (χ1n) is 7.21. The summed E-state index contributed by atoms with van der Waals surface area (Å²) < 4.78 is 51.4. The largest absolute Gasteiger partial charge is 0.490 e. The van der Waals surface area contributed by atoms with Crippen molar-refractivity contribution in [1.82, 2.24) is 9.55 Å². The summed E-state index contributed by atoms with van der Waals surface area (Å²) in [4.78, 5) is 60.6. The average molecular weight is 594 g/mol. The van der Waals surface area contributed by atoms with Crippen LogP contribution in [-0.4, -0.2) is 53.0 Å². The third kappa shape index (κ3) is 7.43. The molecule has 0 aliphatic carbocycles. The van der Waals surface area contributed by atoms with E-state index < -0.39 is 59.8 Å². The molecule has 0 amide bonds. The predicted molar refractivity (Wildman–Crippen MR) is 98.4 cm³/mol. The summed E-state index contributed by atoms with van der Waals surface area (Å²) in [5.74, 6) is 0. The maximum atomic E-state index is 11.9. The molecule has 2 rings (SSSR count). The van der Waals surface area contributed by atoms with E-state index in [1.165, 1.54) is 6.20 Å². The number of rotatable bonds is 8. The molecule has 5 atom stereocenters. The number of ether oxygens (including phenoxy) is 1. The van der Waals surface area contributed by atoms with Gasteiger partial charge in [-0.15, -0.1) is 0 Å². The van der Waals surface area contributed by atoms with Gasteiger partial charge in [0.05, 0.1) is 16.3 Å². The second-order valence-corrected chi connectivity index (χ2v) is 11.0. The van der Waals surface area contributed by atoms with Crippen LogP contribution in [-0.2, 0) is 31.6 Å². The number of halogens is 1. The average Bonchev–Trinajstić information content (AvgIpc) is 2.86. The van der Waals surface area contributed by atoms with Gasteiger partial charge in [0.25, 0.3) is 5.56 Å². The van der Waals surface area contributed by atoms with Crippen molar-refractivity contribution in [2.45, 2.75) is 24.9 Å². The SMILES string of the molecule is O=c1[nH]c(=O)n([C@H]2CC(O)[C@@H](COP(=O)(O)OP(=O)(O)OP(=O)(O)O)O2)cc1I. The number of hydrogen-bond donors (Lipinski definition) is 6. The van der Waals surface area contributed by atoms with Crippen molar-refractivity contribution in [3.8, 4) is 0 Å². The van der Waals surface area contributed by atoms with Crippen molar-refractivity contribution in [1.29, 1.82) is 0 Å². The van der Waals surface area contributed by atoms with Crippen LogP contribution in [0.2, 0.25) is 0 Å². The molecule has 0 aromatic carbocycles. The van der Waals surface area contributed by atoms with Crippen LogP contribution in [0.25, 0.3) is 0 Å². The summed E-state index contributed by atoms with van der Waals surface area (Å²) in [5.41, 5.74) is -1.46. The van der Waals surface area contributed by atoms with E-state index in [1.807, 2.05) is 4.98 Å². The molecule has 1 aliphatic rings. The van der Waals surface area contributed by atoms with E-state index in [2.05, 4.69) is 13.1 Å². The molecule has 1 fully saturated rings. The summed E-state index contributed by atoms with van der Waals surface area (Å²) in [6.45, 7) is -0.878. The molecule has 20 heteroatoms. The number of aliphatic hydroxyl groups is 1. The molecule has 1 saturated heterocycles. The van der Waals surface area contributed by atoms with Crippen molar-refractivity contribution >= 4 is 46.1 Å². The molecule has 16 nitrogen and oxygen atoms in total. The van der Waals surface area contributed by atoms with Gasteiger partial charge in [0, 0.05) is 12.6 Å². The van der Waals surface area contributed by atoms with Crippen molar-refractivity contribution in [2.75, 3.05) is 6.61 Å². The van der Waals surface area contributed by atoms with Crippen molar-refractivity contribution < 1.29 is 56.3 Å². The fourth-order valence-electron chi connectivity index (χ4n) is 2.18. The third-order valence-electron chi connectivity index (χ3n) is 3.26. The van der Waals surface area contributed by atoms with Crippen LogP contribution < -0.4 is 11.2 Å². The molecule has 0 radical (unpaired) electrons. The van der Waals surface area contributed by atoms with Gasteiger partial charge in [0.15, 0.2) is 0 Å². The highest BCUT2D eigenvalue weighted by molar-refractivity contribution is 14.1. The Bertz CT molecular complexity index is 1020. The third-order valence-corrected chi connectivity index (χ3v) is 7.83. The molecule has 0 saturated carbocycles. The van der Waals surface area contributed by atoms with Crippen LogP contribution >= 0.6 is 46.1 Å². The Morgan fingerprint density at radius 3 is 2.38 bits per heavy atom. The monoisotopic (exact) mass is 594 g/mol. The molecule has 1 aliphatic heterocycles. The molecular weight excluding hydrogens is 580 g/mol. The lowest BCUT2D eigenvalue weighted by Gasteiger charge is -2.19. The molecule has 6 N–H and O–H groups in total. The molecule has 2 heterocycles. The summed E-state index contributed by atoms with van der Waals surface area (Å²) in [6.07, 6.45) is -2.70. The maximum Gasteiger partial charge on any atom is 0.490 e. The zero-order valence-electron chi connectivity index (χ0n) is 13.8. The molecular formula is C9H14IN2O14P3. The van der Waals surface area contributed by atoms with Gasteiger partial charge >= 0.3 is 29.2 Å². The number of aromatic amines is 1. The Kier molecular flexibility index (Phi) is 7.83. The normalized spacial score (nSPS) is 26.8. The highest BCUT2D eigenvalue weighted by Crippen LogP contribution is 2.66. The number of nitrogens with one attached hydrogen (secondary N) is 1. The lowest BCUT2D eigenvalue weighted by atomic mass is 10.2. The summed E-state index contributed by atoms with van der Waals surface area (Å²) in [5, 5.41) is 9.98. The first-order chi connectivity index (χ1) is 13.1. The molecule has 29 heavy (non-hydrogen) atoms. The minimum atomic E-state index is -5.67. The Hall–Kier alpha value is -0.260. The lowest BCUT2D eigenvalue weighted by Crippen LogP contribution is -2.33. The van der Waals surface area contributed by atoms with Crippen LogP contribution in [0.4, 0.5) is 0 Å². The smallest absolute Gasteiger partial charge is 0.390 e. The maximum absolute atomic E-state index is 11.9. The number of phosphoric acid groups is 3. The van der Waals surface area contributed by atoms with E-state index in [-0.39, 0.29) is 9.99 Å². The molecule has 1 aromatic rings. The van der Waals surface area contributed by atoms with Gasteiger partial charge in [-0.25, -0.2) is 18.5 Å². The number of aromatic nitrogens is 2. The molecule has 0 bridgehead atoms. The zero-order chi connectivity index (χ0) is 22.2. The number of nitrogens with zero attached hydrogens (tertiary/aromatic N) is 1. The fraction of sp³-hybridized carbons (Fsp3) is 0.556. The first kappa shape index (κ1) is 25.0. The molecule has 3 unspecified atom stereocenters. The van der Waals surface area contributed by atoms with Gasteiger partial charge in [0.2, 0.25) is 0 Å². The highest BCUT2D eigenvalue weighted by atomic mass is 127. The van der Waals surface area contributed by atoms with Crippen LogP contribution in [0.5, 0.6) is 0 Å². The van der Waals surface area contributed by atoms with Crippen LogP contribution in [0.3, 0.4) is 0 Å². The number of aliphatic hydroxyl groups excluding tert-OH is 1. The Balaban J connectivity index is 2.03.